The van der Waals surface area contributed by atoms with Crippen molar-refractivity contribution in [3.05, 3.63) is 65.2 Å². The van der Waals surface area contributed by atoms with Gasteiger partial charge in [-0.25, -0.2) is 5.48 Å². The summed E-state index contributed by atoms with van der Waals surface area (Å²) in [7, 11) is 1.68. The third-order valence-electron chi connectivity index (χ3n) is 3.92. The summed E-state index contributed by atoms with van der Waals surface area (Å²) in [6.07, 6.45) is 0. The summed E-state index contributed by atoms with van der Waals surface area (Å²) >= 11 is 0. The molecule has 0 aliphatic heterocycles. The lowest BCUT2D eigenvalue weighted by Gasteiger charge is -2.21. The largest absolute Gasteiger partial charge is 0.311 e. The summed E-state index contributed by atoms with van der Waals surface area (Å²) in [5, 5.41) is 8.62. The van der Waals surface area contributed by atoms with Gasteiger partial charge in [0.2, 0.25) is 0 Å². The second-order valence-corrected chi connectivity index (χ2v) is 6.68. The van der Waals surface area contributed by atoms with E-state index in [1.54, 1.807) is 36.8 Å². The average Bonchev–Trinajstić information content (AvgIpc) is 2.59. The fourth-order valence-corrected chi connectivity index (χ4v) is 2.32. The predicted molar refractivity (Wildman–Crippen MR) is 93.6 cm³/mol. The third kappa shape index (κ3) is 3.81. The first-order chi connectivity index (χ1) is 11.2. The van der Waals surface area contributed by atoms with Crippen molar-refractivity contribution in [2.24, 2.45) is 0 Å². The zero-order chi connectivity index (χ0) is 17.9. The van der Waals surface area contributed by atoms with Gasteiger partial charge in [0.1, 0.15) is 0 Å². The van der Waals surface area contributed by atoms with E-state index in [1.807, 2.05) is 24.3 Å². The summed E-state index contributed by atoms with van der Waals surface area (Å²) in [5.74, 6) is -0.719. The van der Waals surface area contributed by atoms with Crippen LogP contribution in [0.4, 0.5) is 5.69 Å². The molecular weight excluding hydrogens is 304 g/mol. The van der Waals surface area contributed by atoms with Crippen LogP contribution >= 0.6 is 0 Å². The van der Waals surface area contributed by atoms with Gasteiger partial charge in [-0.05, 0) is 47.4 Å². The Labute approximate surface area is 141 Å². The molecular formula is C19H22N2O3. The minimum absolute atomic E-state index is 0.0383. The van der Waals surface area contributed by atoms with Crippen LogP contribution in [0.25, 0.3) is 0 Å². The highest BCUT2D eigenvalue weighted by Crippen LogP contribution is 2.23. The zero-order valence-corrected chi connectivity index (χ0v) is 14.3. The highest BCUT2D eigenvalue weighted by molar-refractivity contribution is 6.06. The van der Waals surface area contributed by atoms with Crippen molar-refractivity contribution >= 4 is 17.5 Å². The minimum atomic E-state index is -0.590. The molecule has 5 nitrogen and oxygen atoms in total. The first-order valence-corrected chi connectivity index (χ1v) is 7.67. The van der Waals surface area contributed by atoms with Crippen molar-refractivity contribution < 1.29 is 14.8 Å². The molecule has 2 N–H and O–H groups in total. The lowest BCUT2D eigenvalue weighted by Crippen LogP contribution is -2.26. The summed E-state index contributed by atoms with van der Waals surface area (Å²) in [6.45, 7) is 6.38. The van der Waals surface area contributed by atoms with Crippen LogP contribution in [-0.4, -0.2) is 24.1 Å². The third-order valence-corrected chi connectivity index (χ3v) is 3.92. The van der Waals surface area contributed by atoms with E-state index in [9.17, 15) is 9.59 Å². The first-order valence-electron chi connectivity index (χ1n) is 7.67. The normalized spacial score (nSPS) is 11.0. The number of carbonyl (C=O) groups excluding carboxylic acids is 2. The molecule has 0 saturated carbocycles. The van der Waals surface area contributed by atoms with Gasteiger partial charge in [0.25, 0.3) is 11.8 Å². The van der Waals surface area contributed by atoms with E-state index in [4.69, 9.17) is 5.21 Å². The average molecular weight is 326 g/mol. The van der Waals surface area contributed by atoms with Gasteiger partial charge in [-0.15, -0.1) is 0 Å². The smallest absolute Gasteiger partial charge is 0.274 e. The van der Waals surface area contributed by atoms with Gasteiger partial charge in [0.05, 0.1) is 0 Å². The number of carbonyl (C=O) groups is 2. The molecule has 0 spiro atoms. The van der Waals surface area contributed by atoms with E-state index >= 15 is 0 Å². The number of hydroxylamine groups is 1. The summed E-state index contributed by atoms with van der Waals surface area (Å²) in [4.78, 5) is 25.4. The van der Waals surface area contributed by atoms with Gasteiger partial charge in [0.15, 0.2) is 0 Å². The zero-order valence-electron chi connectivity index (χ0n) is 14.3. The fourth-order valence-electron chi connectivity index (χ4n) is 2.32. The SMILES string of the molecule is CN(C(=O)c1ccc(C(C)(C)C)cc1)c1ccc(C(=O)NO)cc1. The molecule has 0 atom stereocenters. The molecule has 0 bridgehead atoms. The molecule has 2 rings (SSSR count). The maximum absolute atomic E-state index is 12.6. The Bertz CT molecular complexity index is 729. The van der Waals surface area contributed by atoms with Gasteiger partial charge in [-0.3, -0.25) is 14.8 Å². The Balaban J connectivity index is 2.18. The summed E-state index contributed by atoms with van der Waals surface area (Å²) < 4.78 is 0. The molecule has 0 fully saturated rings. The van der Waals surface area contributed by atoms with Crippen LogP contribution in [-0.2, 0) is 5.41 Å². The molecule has 0 aliphatic rings. The molecule has 0 heterocycles. The molecule has 0 unspecified atom stereocenters. The maximum Gasteiger partial charge on any atom is 0.274 e. The molecule has 2 aromatic carbocycles. The van der Waals surface area contributed by atoms with Crippen LogP contribution in [0, 0.1) is 0 Å². The van der Waals surface area contributed by atoms with Crippen molar-refractivity contribution in [1.82, 2.24) is 5.48 Å². The van der Waals surface area contributed by atoms with Crippen LogP contribution in [0.2, 0.25) is 0 Å². The summed E-state index contributed by atoms with van der Waals surface area (Å²) in [5.41, 5.74) is 4.36. The number of nitrogens with one attached hydrogen (secondary N) is 1. The van der Waals surface area contributed by atoms with Gasteiger partial charge >= 0.3 is 0 Å². The Kier molecular flexibility index (Phi) is 5.04. The Morgan fingerprint density at radius 1 is 0.917 bits per heavy atom. The fraction of sp³-hybridized carbons (Fsp3) is 0.263. The number of hydrogen-bond acceptors (Lipinski definition) is 3. The van der Waals surface area contributed by atoms with E-state index in [1.165, 1.54) is 10.5 Å². The highest BCUT2D eigenvalue weighted by atomic mass is 16.5. The highest BCUT2D eigenvalue weighted by Gasteiger charge is 2.17. The monoisotopic (exact) mass is 326 g/mol. The molecule has 2 amide bonds. The van der Waals surface area contributed by atoms with Crippen molar-refractivity contribution in [1.29, 1.82) is 0 Å². The van der Waals surface area contributed by atoms with Crippen molar-refractivity contribution in [3.8, 4) is 0 Å². The standard InChI is InChI=1S/C19H22N2O3/c1-19(2,3)15-9-5-14(6-10-15)18(23)21(4)16-11-7-13(8-12-16)17(22)20-24/h5-12,24H,1-4H3,(H,20,22). The second-order valence-electron chi connectivity index (χ2n) is 6.68. The van der Waals surface area contributed by atoms with E-state index in [2.05, 4.69) is 20.8 Å². The van der Waals surface area contributed by atoms with E-state index in [0.717, 1.165) is 0 Å². The molecule has 0 radical (unpaired) electrons. The minimum Gasteiger partial charge on any atom is -0.311 e. The molecule has 2 aromatic rings. The maximum atomic E-state index is 12.6. The van der Waals surface area contributed by atoms with Crippen LogP contribution in [0.5, 0.6) is 0 Å². The topological polar surface area (TPSA) is 69.6 Å². The molecule has 24 heavy (non-hydrogen) atoms. The first kappa shape index (κ1) is 17.7. The Hall–Kier alpha value is -2.66. The molecule has 5 heteroatoms. The van der Waals surface area contributed by atoms with Gasteiger partial charge in [-0.1, -0.05) is 32.9 Å². The lowest BCUT2D eigenvalue weighted by molar-refractivity contribution is 0.0706. The van der Waals surface area contributed by atoms with Gasteiger partial charge in [-0.2, -0.15) is 0 Å². The number of benzene rings is 2. The van der Waals surface area contributed by atoms with E-state index in [0.29, 0.717) is 16.8 Å². The van der Waals surface area contributed by atoms with E-state index < -0.39 is 5.91 Å². The Morgan fingerprint density at radius 2 is 1.42 bits per heavy atom. The van der Waals surface area contributed by atoms with Crippen molar-refractivity contribution in [2.75, 3.05) is 11.9 Å². The van der Waals surface area contributed by atoms with Crippen molar-refractivity contribution in [3.63, 3.8) is 0 Å². The van der Waals surface area contributed by atoms with Crippen LogP contribution in [0.3, 0.4) is 0 Å². The number of nitrogens with zero attached hydrogens (tertiary/aromatic N) is 1. The molecule has 0 aromatic heterocycles. The van der Waals surface area contributed by atoms with Crippen LogP contribution in [0.15, 0.2) is 48.5 Å². The summed E-state index contributed by atoms with van der Waals surface area (Å²) in [6, 6.07) is 14.0. The second kappa shape index (κ2) is 6.84. The number of amides is 2. The predicted octanol–water partition coefficient (Wildman–Crippen LogP) is 3.38. The number of anilines is 1. The van der Waals surface area contributed by atoms with Crippen LogP contribution < -0.4 is 10.4 Å². The lowest BCUT2D eigenvalue weighted by atomic mass is 9.86. The van der Waals surface area contributed by atoms with E-state index in [-0.39, 0.29) is 11.3 Å². The Morgan fingerprint density at radius 3 is 1.88 bits per heavy atom. The number of rotatable bonds is 3. The molecule has 126 valence electrons. The molecule has 0 aliphatic carbocycles. The quantitative estimate of drug-likeness (QED) is 0.671. The van der Waals surface area contributed by atoms with Gasteiger partial charge in [0, 0.05) is 23.9 Å². The van der Waals surface area contributed by atoms with Gasteiger partial charge < -0.3 is 4.90 Å². The van der Waals surface area contributed by atoms with Crippen LogP contribution in [0.1, 0.15) is 47.1 Å². The van der Waals surface area contributed by atoms with Crippen molar-refractivity contribution in [2.45, 2.75) is 26.2 Å². The number of hydrogen-bond donors (Lipinski definition) is 2. The molecule has 0 saturated heterocycles.